The lowest BCUT2D eigenvalue weighted by atomic mass is 9.84. The van der Waals surface area contributed by atoms with Crippen LogP contribution in [0.25, 0.3) is 22.5 Å². The zero-order valence-corrected chi connectivity index (χ0v) is 18.7. The predicted octanol–water partition coefficient (Wildman–Crippen LogP) is 5.95. The second kappa shape index (κ2) is 8.33. The van der Waals surface area contributed by atoms with Gasteiger partial charge in [-0.1, -0.05) is 12.1 Å². The van der Waals surface area contributed by atoms with Gasteiger partial charge in [0.15, 0.2) is 0 Å². The molecule has 0 N–H and O–H groups in total. The molecule has 0 atom stereocenters. The average Bonchev–Trinajstić information content (AvgIpc) is 2.74. The highest BCUT2D eigenvalue weighted by molar-refractivity contribution is 14.1. The average molecular weight is 532 g/mol. The molecule has 156 valence electrons. The van der Waals surface area contributed by atoms with Gasteiger partial charge in [0.1, 0.15) is 3.70 Å². The van der Waals surface area contributed by atoms with Crippen LogP contribution in [0, 0.1) is 21.5 Å². The highest BCUT2D eigenvalue weighted by Gasteiger charge is 2.27. The number of hydrogen-bond acceptors (Lipinski definition) is 4. The Balaban J connectivity index is 1.75. The summed E-state index contributed by atoms with van der Waals surface area (Å²) < 4.78 is 42.2. The van der Waals surface area contributed by atoms with E-state index in [2.05, 4.69) is 19.9 Å². The highest BCUT2D eigenvalue weighted by atomic mass is 127. The molecule has 31 heavy (non-hydrogen) atoms. The third kappa shape index (κ3) is 4.30. The zero-order valence-electron chi connectivity index (χ0n) is 16.6. The van der Waals surface area contributed by atoms with Crippen molar-refractivity contribution in [3.05, 3.63) is 93.6 Å². The quantitative estimate of drug-likeness (QED) is 0.241. The van der Waals surface area contributed by atoms with E-state index in [0.29, 0.717) is 32.0 Å². The van der Waals surface area contributed by atoms with Gasteiger partial charge in [-0.15, -0.1) is 0 Å². The maximum absolute atomic E-state index is 14.4. The first-order valence-corrected chi connectivity index (χ1v) is 10.4. The van der Waals surface area contributed by atoms with Crippen molar-refractivity contribution < 1.29 is 13.2 Å². The Morgan fingerprint density at radius 2 is 1.16 bits per heavy atom. The topological polar surface area (TPSA) is 51.6 Å². The number of hydrogen-bond donors (Lipinski definition) is 0. The van der Waals surface area contributed by atoms with E-state index in [1.807, 2.05) is 42.5 Å². The Morgan fingerprint density at radius 1 is 0.645 bits per heavy atom. The molecule has 0 bridgehead atoms. The van der Waals surface area contributed by atoms with Gasteiger partial charge in [-0.2, -0.15) is 18.2 Å². The molecule has 0 spiro atoms. The summed E-state index contributed by atoms with van der Waals surface area (Å²) in [7, 11) is 0. The molecule has 4 heterocycles. The van der Waals surface area contributed by atoms with E-state index in [1.165, 1.54) is 6.07 Å². The van der Waals surface area contributed by atoms with Crippen LogP contribution in [0.3, 0.4) is 0 Å². The van der Waals surface area contributed by atoms with Gasteiger partial charge in [0.25, 0.3) is 0 Å². The first-order valence-electron chi connectivity index (χ1n) is 9.35. The summed E-state index contributed by atoms with van der Waals surface area (Å²) in [6.45, 7) is 3.85. The summed E-state index contributed by atoms with van der Waals surface area (Å²) in [4.78, 5) is 16.3. The number of aromatic nitrogens is 4. The molecule has 0 amide bonds. The molecule has 4 nitrogen and oxygen atoms in total. The molecule has 4 rings (SSSR count). The number of pyridine rings is 4. The van der Waals surface area contributed by atoms with Gasteiger partial charge in [0, 0.05) is 5.41 Å². The van der Waals surface area contributed by atoms with E-state index in [4.69, 9.17) is 0 Å². The first-order chi connectivity index (χ1) is 14.8. The fraction of sp³-hybridized carbons (Fsp3) is 0.130. The number of nitrogens with zero attached hydrogens (tertiary/aromatic N) is 4. The van der Waals surface area contributed by atoms with Gasteiger partial charge >= 0.3 is 0 Å². The van der Waals surface area contributed by atoms with E-state index < -0.39 is 23.3 Å². The van der Waals surface area contributed by atoms with Crippen LogP contribution in [0.2, 0.25) is 0 Å². The van der Waals surface area contributed by atoms with Crippen molar-refractivity contribution in [1.82, 2.24) is 19.9 Å². The minimum atomic E-state index is -0.927. The third-order valence-electron chi connectivity index (χ3n) is 4.96. The van der Waals surface area contributed by atoms with Crippen molar-refractivity contribution in [3.8, 4) is 22.5 Å². The van der Waals surface area contributed by atoms with Gasteiger partial charge < -0.3 is 0 Å². The second-order valence-corrected chi connectivity index (χ2v) is 8.49. The Labute approximate surface area is 190 Å². The van der Waals surface area contributed by atoms with Gasteiger partial charge in [-0.05, 0) is 85.0 Å². The zero-order chi connectivity index (χ0) is 22.2. The van der Waals surface area contributed by atoms with Gasteiger partial charge in [0.05, 0.1) is 33.9 Å². The van der Waals surface area contributed by atoms with E-state index in [9.17, 15) is 13.2 Å². The summed E-state index contributed by atoms with van der Waals surface area (Å²) in [5.41, 5.74) is 1.80. The molecule has 0 aliphatic carbocycles. The van der Waals surface area contributed by atoms with Crippen molar-refractivity contribution >= 4 is 22.6 Å². The Bertz CT molecular complexity index is 1180. The summed E-state index contributed by atoms with van der Waals surface area (Å²) in [5, 5.41) is 0. The molecule has 0 aliphatic heterocycles. The molecule has 0 radical (unpaired) electrons. The third-order valence-corrected chi connectivity index (χ3v) is 5.56. The second-order valence-electron chi connectivity index (χ2n) is 7.39. The monoisotopic (exact) mass is 532 g/mol. The molecular weight excluding hydrogens is 516 g/mol. The summed E-state index contributed by atoms with van der Waals surface area (Å²) in [6, 6.07) is 16.3. The van der Waals surface area contributed by atoms with Crippen LogP contribution in [0.4, 0.5) is 13.2 Å². The maximum Gasteiger partial charge on any atom is 0.224 e. The van der Waals surface area contributed by atoms with Crippen LogP contribution in [0.1, 0.15) is 25.2 Å². The van der Waals surface area contributed by atoms with Crippen LogP contribution in [-0.4, -0.2) is 19.9 Å². The van der Waals surface area contributed by atoms with Gasteiger partial charge in [-0.3, -0.25) is 9.97 Å². The van der Waals surface area contributed by atoms with E-state index in [1.54, 1.807) is 42.5 Å². The van der Waals surface area contributed by atoms with Crippen molar-refractivity contribution in [2.75, 3.05) is 0 Å². The lowest BCUT2D eigenvalue weighted by molar-refractivity contribution is 0.514. The van der Waals surface area contributed by atoms with E-state index in [-0.39, 0.29) is 5.56 Å². The smallest absolute Gasteiger partial charge is 0.224 e. The molecule has 8 heteroatoms. The summed E-state index contributed by atoms with van der Waals surface area (Å²) in [5.74, 6) is -2.41. The van der Waals surface area contributed by atoms with Crippen molar-refractivity contribution in [3.63, 3.8) is 0 Å². The fourth-order valence-electron chi connectivity index (χ4n) is 3.20. The largest absolute Gasteiger partial charge is 0.252 e. The lowest BCUT2D eigenvalue weighted by Gasteiger charge is -2.24. The van der Waals surface area contributed by atoms with Gasteiger partial charge in [-0.25, -0.2) is 4.98 Å². The molecule has 0 fully saturated rings. The van der Waals surface area contributed by atoms with Gasteiger partial charge in [0.2, 0.25) is 17.8 Å². The van der Waals surface area contributed by atoms with Crippen LogP contribution in [0.5, 0.6) is 0 Å². The van der Waals surface area contributed by atoms with Crippen molar-refractivity contribution in [2.24, 2.45) is 0 Å². The van der Waals surface area contributed by atoms with Crippen LogP contribution < -0.4 is 0 Å². The van der Waals surface area contributed by atoms with Crippen molar-refractivity contribution in [2.45, 2.75) is 19.3 Å². The predicted molar refractivity (Wildman–Crippen MR) is 120 cm³/mol. The minimum absolute atomic E-state index is 0.104. The Morgan fingerprint density at radius 3 is 1.68 bits per heavy atom. The Hall–Kier alpha value is -2.88. The van der Waals surface area contributed by atoms with Crippen molar-refractivity contribution in [1.29, 1.82) is 0 Å². The van der Waals surface area contributed by atoms with E-state index in [0.717, 1.165) is 6.07 Å². The molecule has 0 aromatic carbocycles. The summed E-state index contributed by atoms with van der Waals surface area (Å²) in [6.07, 6.45) is 0. The minimum Gasteiger partial charge on any atom is -0.252 e. The summed E-state index contributed by atoms with van der Waals surface area (Å²) >= 11 is 1.95. The molecule has 0 aliphatic rings. The van der Waals surface area contributed by atoms with Crippen LogP contribution in [0.15, 0.2) is 60.7 Å². The van der Waals surface area contributed by atoms with Crippen LogP contribution in [-0.2, 0) is 5.41 Å². The normalized spacial score (nSPS) is 11.5. The Kier molecular flexibility index (Phi) is 5.74. The molecule has 0 unspecified atom stereocenters. The molecule has 4 aromatic rings. The molecule has 4 aromatic heterocycles. The number of rotatable bonds is 4. The molecule has 0 saturated heterocycles. The standard InChI is InChI=1S/C23H16F3IN4/c1-23(2,17-7-3-5-15(28-17)13-9-11-19(24)30-21(13)25)18-8-4-6-16(29-18)14-10-12-20(27)31-22(14)26/h3-12H,1-2H3. The highest BCUT2D eigenvalue weighted by Crippen LogP contribution is 2.32. The fourth-order valence-corrected chi connectivity index (χ4v) is 3.59. The first kappa shape index (κ1) is 21.4. The lowest BCUT2D eigenvalue weighted by Crippen LogP contribution is -2.22. The number of halogens is 4. The maximum atomic E-state index is 14.4. The van der Waals surface area contributed by atoms with Crippen LogP contribution >= 0.6 is 22.6 Å². The molecular formula is C23H16F3IN4. The SMILES string of the molecule is CC(C)(c1cccc(-c2ccc(F)nc2F)n1)c1cccc(-c2ccc(I)nc2F)n1. The molecule has 0 saturated carbocycles. The van der Waals surface area contributed by atoms with E-state index >= 15 is 0 Å².